The number of aromatic nitrogens is 1. The number of rotatable bonds is 3. The molecule has 1 aromatic carbocycles. The predicted molar refractivity (Wildman–Crippen MR) is 94.0 cm³/mol. The highest BCUT2D eigenvalue weighted by atomic mass is 19.1. The number of anilines is 1. The Balaban J connectivity index is 1.51. The second-order valence-electron chi connectivity index (χ2n) is 6.94. The third kappa shape index (κ3) is 3.10. The van der Waals surface area contributed by atoms with Crippen molar-refractivity contribution in [3.8, 4) is 0 Å². The molecule has 5 heteroatoms. The minimum Gasteiger partial charge on any atom is -0.381 e. The summed E-state index contributed by atoms with van der Waals surface area (Å²) in [6.45, 7) is 8.95. The van der Waals surface area contributed by atoms with E-state index in [0.717, 1.165) is 62.7 Å². The summed E-state index contributed by atoms with van der Waals surface area (Å²) in [7, 11) is 0. The lowest BCUT2D eigenvalue weighted by molar-refractivity contribution is 0.164. The first-order chi connectivity index (χ1) is 11.7. The van der Waals surface area contributed by atoms with E-state index in [1.807, 2.05) is 13.0 Å². The molecule has 3 heterocycles. The van der Waals surface area contributed by atoms with Gasteiger partial charge in [0.1, 0.15) is 11.3 Å². The van der Waals surface area contributed by atoms with Crippen LogP contribution in [0.15, 0.2) is 24.3 Å². The first-order valence-electron chi connectivity index (χ1n) is 8.81. The molecule has 24 heavy (non-hydrogen) atoms. The summed E-state index contributed by atoms with van der Waals surface area (Å²) in [6.07, 6.45) is 1.19. The molecule has 0 amide bonds. The van der Waals surface area contributed by atoms with Crippen LogP contribution in [0.5, 0.6) is 0 Å². The van der Waals surface area contributed by atoms with Crippen molar-refractivity contribution < 1.29 is 9.13 Å². The number of nitrogens with zero attached hydrogens (tertiary/aromatic N) is 3. The van der Waals surface area contributed by atoms with Crippen molar-refractivity contribution in [2.45, 2.75) is 13.3 Å². The average Bonchev–Trinajstić information content (AvgIpc) is 3.09. The Morgan fingerprint density at radius 1 is 1.25 bits per heavy atom. The van der Waals surface area contributed by atoms with Crippen LogP contribution in [0.2, 0.25) is 0 Å². The van der Waals surface area contributed by atoms with Crippen LogP contribution in [0.3, 0.4) is 0 Å². The van der Waals surface area contributed by atoms with E-state index in [0.29, 0.717) is 11.4 Å². The van der Waals surface area contributed by atoms with Crippen LogP contribution >= 0.6 is 0 Å². The molecular formula is C19H24FN3O. The topological polar surface area (TPSA) is 28.6 Å². The Kier molecular flexibility index (Phi) is 4.37. The molecule has 2 aliphatic heterocycles. The average molecular weight is 329 g/mol. The largest absolute Gasteiger partial charge is 0.381 e. The SMILES string of the molecule is Cc1cc(N2CCN(CC3CCOC3)CC2)c2cccc(F)c2n1. The van der Waals surface area contributed by atoms with Gasteiger partial charge >= 0.3 is 0 Å². The van der Waals surface area contributed by atoms with Crippen molar-refractivity contribution >= 4 is 16.6 Å². The lowest BCUT2D eigenvalue weighted by Crippen LogP contribution is -2.48. The van der Waals surface area contributed by atoms with Crippen LogP contribution in [-0.4, -0.2) is 55.8 Å². The van der Waals surface area contributed by atoms with Gasteiger partial charge in [-0.15, -0.1) is 0 Å². The highest BCUT2D eigenvalue weighted by Crippen LogP contribution is 2.29. The number of halogens is 1. The lowest BCUT2D eigenvalue weighted by Gasteiger charge is -2.37. The zero-order valence-corrected chi connectivity index (χ0v) is 14.2. The Morgan fingerprint density at radius 2 is 2.08 bits per heavy atom. The van der Waals surface area contributed by atoms with Gasteiger partial charge in [-0.05, 0) is 31.4 Å². The number of piperazine rings is 1. The molecule has 2 aromatic rings. The maximum Gasteiger partial charge on any atom is 0.149 e. The molecule has 1 atom stereocenters. The standard InChI is InChI=1S/C19H24FN3O/c1-14-11-18(16-3-2-4-17(20)19(16)21-14)23-8-6-22(7-9-23)12-15-5-10-24-13-15/h2-4,11,15H,5-10,12-13H2,1H3. The van der Waals surface area contributed by atoms with Gasteiger partial charge < -0.3 is 9.64 Å². The summed E-state index contributed by atoms with van der Waals surface area (Å²) in [5, 5.41) is 0.915. The van der Waals surface area contributed by atoms with Crippen molar-refractivity contribution in [2.75, 3.05) is 50.8 Å². The van der Waals surface area contributed by atoms with Crippen LogP contribution in [0.25, 0.3) is 10.9 Å². The Bertz CT molecular complexity index is 722. The number of para-hydroxylation sites is 1. The van der Waals surface area contributed by atoms with E-state index in [-0.39, 0.29) is 5.82 Å². The molecule has 0 aliphatic carbocycles. The molecule has 128 valence electrons. The molecule has 2 fully saturated rings. The second-order valence-corrected chi connectivity index (χ2v) is 6.94. The van der Waals surface area contributed by atoms with Gasteiger partial charge in [-0.2, -0.15) is 0 Å². The molecule has 4 rings (SSSR count). The molecular weight excluding hydrogens is 305 g/mol. The molecule has 0 N–H and O–H groups in total. The fourth-order valence-corrected chi connectivity index (χ4v) is 3.85. The van der Waals surface area contributed by atoms with Crippen molar-refractivity contribution in [1.82, 2.24) is 9.88 Å². The summed E-state index contributed by atoms with van der Waals surface area (Å²) in [4.78, 5) is 9.30. The lowest BCUT2D eigenvalue weighted by atomic mass is 10.1. The number of aryl methyl sites for hydroxylation is 1. The summed E-state index contributed by atoms with van der Waals surface area (Å²) in [5.41, 5.74) is 2.46. The highest BCUT2D eigenvalue weighted by molar-refractivity contribution is 5.92. The normalized spacial score (nSPS) is 22.4. The van der Waals surface area contributed by atoms with Crippen LogP contribution in [0.4, 0.5) is 10.1 Å². The van der Waals surface area contributed by atoms with Crippen LogP contribution < -0.4 is 4.90 Å². The molecule has 0 spiro atoms. The number of benzene rings is 1. The van der Waals surface area contributed by atoms with Crippen LogP contribution in [0.1, 0.15) is 12.1 Å². The molecule has 2 saturated heterocycles. The quantitative estimate of drug-likeness (QED) is 0.866. The maximum atomic E-state index is 14.1. The van der Waals surface area contributed by atoms with Crippen molar-refractivity contribution in [1.29, 1.82) is 0 Å². The number of hydrogen-bond acceptors (Lipinski definition) is 4. The van der Waals surface area contributed by atoms with Crippen LogP contribution in [0, 0.1) is 18.7 Å². The van der Waals surface area contributed by atoms with Gasteiger partial charge in [-0.3, -0.25) is 4.90 Å². The van der Waals surface area contributed by atoms with Gasteiger partial charge in [0.15, 0.2) is 0 Å². The first-order valence-corrected chi connectivity index (χ1v) is 8.81. The third-order valence-electron chi connectivity index (χ3n) is 5.15. The third-order valence-corrected chi connectivity index (χ3v) is 5.15. The predicted octanol–water partition coefficient (Wildman–Crippen LogP) is 2.84. The van der Waals surface area contributed by atoms with E-state index in [9.17, 15) is 4.39 Å². The van der Waals surface area contributed by atoms with Gasteiger partial charge in [0, 0.05) is 56.1 Å². The Morgan fingerprint density at radius 3 is 2.83 bits per heavy atom. The Hall–Kier alpha value is -1.72. The van der Waals surface area contributed by atoms with Crippen molar-refractivity contribution in [2.24, 2.45) is 5.92 Å². The van der Waals surface area contributed by atoms with Gasteiger partial charge in [-0.25, -0.2) is 9.37 Å². The van der Waals surface area contributed by atoms with Crippen molar-refractivity contribution in [3.05, 3.63) is 35.8 Å². The number of fused-ring (bicyclic) bond motifs is 1. The maximum absolute atomic E-state index is 14.1. The minimum atomic E-state index is -0.239. The van der Waals surface area contributed by atoms with E-state index in [1.165, 1.54) is 12.5 Å². The molecule has 1 aromatic heterocycles. The van der Waals surface area contributed by atoms with Crippen LogP contribution in [-0.2, 0) is 4.74 Å². The van der Waals surface area contributed by atoms with Crippen molar-refractivity contribution in [3.63, 3.8) is 0 Å². The number of pyridine rings is 1. The fourth-order valence-electron chi connectivity index (χ4n) is 3.85. The van der Waals surface area contributed by atoms with E-state index in [4.69, 9.17) is 4.74 Å². The smallest absolute Gasteiger partial charge is 0.149 e. The summed E-state index contributed by atoms with van der Waals surface area (Å²) in [5.74, 6) is 0.451. The Labute approximate surface area is 142 Å². The number of hydrogen-bond donors (Lipinski definition) is 0. The first kappa shape index (κ1) is 15.8. The molecule has 1 unspecified atom stereocenters. The van der Waals surface area contributed by atoms with Gasteiger partial charge in [-0.1, -0.05) is 12.1 Å². The minimum absolute atomic E-state index is 0.239. The van der Waals surface area contributed by atoms with Gasteiger partial charge in [0.05, 0.1) is 6.61 Å². The highest BCUT2D eigenvalue weighted by Gasteiger charge is 2.24. The van der Waals surface area contributed by atoms with E-state index in [2.05, 4.69) is 20.9 Å². The second kappa shape index (κ2) is 6.65. The summed E-state index contributed by atoms with van der Waals surface area (Å²) < 4.78 is 19.6. The molecule has 2 aliphatic rings. The molecule has 0 saturated carbocycles. The molecule has 0 radical (unpaired) electrons. The van der Waals surface area contributed by atoms with E-state index in [1.54, 1.807) is 6.07 Å². The zero-order chi connectivity index (χ0) is 16.5. The van der Waals surface area contributed by atoms with Gasteiger partial charge in [0.2, 0.25) is 0 Å². The fraction of sp³-hybridized carbons (Fsp3) is 0.526. The zero-order valence-electron chi connectivity index (χ0n) is 14.2. The number of ether oxygens (including phenoxy) is 1. The molecule has 0 bridgehead atoms. The summed E-state index contributed by atoms with van der Waals surface area (Å²) >= 11 is 0. The summed E-state index contributed by atoms with van der Waals surface area (Å²) in [6, 6.07) is 7.32. The molecule has 4 nitrogen and oxygen atoms in total. The van der Waals surface area contributed by atoms with Gasteiger partial charge in [0.25, 0.3) is 0 Å². The van der Waals surface area contributed by atoms with E-state index < -0.39 is 0 Å². The van der Waals surface area contributed by atoms with E-state index >= 15 is 0 Å². The monoisotopic (exact) mass is 329 g/mol.